The molecule has 1 heterocycles. The van der Waals surface area contributed by atoms with E-state index in [-0.39, 0.29) is 0 Å². The minimum absolute atomic E-state index is 0.424. The third-order valence-electron chi connectivity index (χ3n) is 1.07. The molecule has 0 unspecified atom stereocenters. The monoisotopic (exact) mass is 215 g/mol. The molecule has 1 nitrogen and oxygen atoms in total. The number of pyridine rings is 1. The van der Waals surface area contributed by atoms with E-state index >= 15 is 0 Å². The van der Waals surface area contributed by atoms with Crippen molar-refractivity contribution in [3.8, 4) is 0 Å². The molecule has 50 valence electrons. The minimum atomic E-state index is 0.424. The normalized spacial score (nSPS) is 9.80. The summed E-state index contributed by atoms with van der Waals surface area (Å²) in [4.78, 5) is 3.98. The van der Waals surface area contributed by atoms with E-state index in [1.165, 1.54) is 0 Å². The van der Waals surface area contributed by atoms with Crippen LogP contribution >= 0.6 is 27.5 Å². The molecule has 0 bridgehead atoms. The van der Waals surface area contributed by atoms with Gasteiger partial charge in [0.1, 0.15) is 5.15 Å². The van der Waals surface area contributed by atoms with Crippen LogP contribution in [0, 0.1) is 0 Å². The molecule has 0 saturated carbocycles. The van der Waals surface area contributed by atoms with Crippen molar-refractivity contribution < 1.29 is 0 Å². The minimum Gasteiger partial charge on any atom is -0.241 e. The largest absolute Gasteiger partial charge is 0.241 e. The predicted molar refractivity (Wildman–Crippen MR) is 46.4 cm³/mol. The second-order valence-electron chi connectivity index (χ2n) is 1.78. The first-order chi connectivity index (χ1) is 4.74. The third kappa shape index (κ3) is 1.73. The van der Waals surface area contributed by atoms with Crippen molar-refractivity contribution in [3.63, 3.8) is 0 Å². The molecule has 1 rings (SSSR count). The van der Waals surface area contributed by atoms with Crippen molar-refractivity contribution in [2.45, 2.75) is 6.32 Å². The number of rotatable bonds is 1. The lowest BCUT2D eigenvalue weighted by molar-refractivity contribution is 1.16. The molecule has 0 aliphatic heterocycles. The van der Waals surface area contributed by atoms with E-state index in [0.29, 0.717) is 11.5 Å². The molecule has 0 aromatic carbocycles. The van der Waals surface area contributed by atoms with Gasteiger partial charge in [0.15, 0.2) is 0 Å². The average Bonchev–Trinajstić information content (AvgIpc) is 1.95. The molecule has 0 atom stereocenters. The average molecular weight is 216 g/mol. The Balaban J connectivity index is 3.04. The first-order valence-corrected chi connectivity index (χ1v) is 3.92. The molecule has 0 N–H and O–H groups in total. The van der Waals surface area contributed by atoms with Crippen LogP contribution < -0.4 is 0 Å². The van der Waals surface area contributed by atoms with Crippen molar-refractivity contribution in [2.24, 2.45) is 0 Å². The van der Waals surface area contributed by atoms with Crippen LogP contribution in [0.25, 0.3) is 0 Å². The Morgan fingerprint density at radius 2 is 2.30 bits per heavy atom. The van der Waals surface area contributed by atoms with E-state index < -0.39 is 0 Å². The van der Waals surface area contributed by atoms with E-state index in [0.717, 1.165) is 10.2 Å². The lowest BCUT2D eigenvalue weighted by Gasteiger charge is -1.97. The lowest BCUT2D eigenvalue weighted by atomic mass is 10.0. The van der Waals surface area contributed by atoms with Crippen LogP contribution in [-0.4, -0.2) is 12.8 Å². The second kappa shape index (κ2) is 3.40. The predicted octanol–water partition coefficient (Wildman–Crippen LogP) is 2.17. The first-order valence-electron chi connectivity index (χ1n) is 2.75. The van der Waals surface area contributed by atoms with Crippen molar-refractivity contribution in [3.05, 3.63) is 27.5 Å². The summed E-state index contributed by atoms with van der Waals surface area (Å²) in [6.45, 7) is 0. The van der Waals surface area contributed by atoms with Crippen LogP contribution in [0.1, 0.15) is 5.69 Å². The van der Waals surface area contributed by atoms with Crippen LogP contribution in [0.15, 0.2) is 16.6 Å². The number of nitrogens with zero attached hydrogens (tertiary/aromatic N) is 1. The van der Waals surface area contributed by atoms with Gasteiger partial charge in [0, 0.05) is 5.69 Å². The first kappa shape index (κ1) is 8.09. The molecule has 0 fully saturated rings. The Morgan fingerprint density at radius 1 is 1.60 bits per heavy atom. The van der Waals surface area contributed by atoms with Gasteiger partial charge < -0.3 is 0 Å². The van der Waals surface area contributed by atoms with Crippen LogP contribution in [-0.2, 0) is 6.32 Å². The summed E-state index contributed by atoms with van der Waals surface area (Å²) < 4.78 is 0.798. The van der Waals surface area contributed by atoms with E-state index in [4.69, 9.17) is 19.4 Å². The van der Waals surface area contributed by atoms with Gasteiger partial charge in [-0.2, -0.15) is 0 Å². The Bertz CT molecular complexity index is 241. The number of halogens is 2. The highest BCUT2D eigenvalue weighted by atomic mass is 79.9. The fraction of sp³-hybridized carbons (Fsp3) is 0.167. The fourth-order valence-electron chi connectivity index (χ4n) is 0.569. The molecule has 10 heavy (non-hydrogen) atoms. The van der Waals surface area contributed by atoms with Crippen molar-refractivity contribution in [1.29, 1.82) is 0 Å². The molecule has 1 aromatic heterocycles. The molecular formula is C6H4BBrClN. The summed E-state index contributed by atoms with van der Waals surface area (Å²) in [6.07, 6.45) is 0.424. The zero-order valence-electron chi connectivity index (χ0n) is 5.14. The molecule has 0 spiro atoms. The van der Waals surface area contributed by atoms with Crippen LogP contribution in [0.2, 0.25) is 5.15 Å². The zero-order chi connectivity index (χ0) is 7.56. The lowest BCUT2D eigenvalue weighted by Crippen LogP contribution is -1.88. The highest BCUT2D eigenvalue weighted by molar-refractivity contribution is 9.10. The maximum absolute atomic E-state index is 5.68. The van der Waals surface area contributed by atoms with Gasteiger partial charge in [-0.05, 0) is 34.4 Å². The number of hydrogen-bond acceptors (Lipinski definition) is 1. The van der Waals surface area contributed by atoms with E-state index in [2.05, 4.69) is 20.9 Å². The zero-order valence-corrected chi connectivity index (χ0v) is 7.48. The standard InChI is InChI=1S/C6H4BBrClN/c7-3-4-1-2-5(8)6(9)10-4/h1-2H,3H2. The molecule has 0 aliphatic rings. The van der Waals surface area contributed by atoms with Gasteiger partial charge in [0.25, 0.3) is 0 Å². The van der Waals surface area contributed by atoms with E-state index in [1.807, 2.05) is 12.1 Å². The maximum atomic E-state index is 5.68. The van der Waals surface area contributed by atoms with Gasteiger partial charge in [-0.25, -0.2) is 4.98 Å². The van der Waals surface area contributed by atoms with Crippen molar-refractivity contribution in [2.75, 3.05) is 0 Å². The Labute approximate surface area is 74.3 Å². The Kier molecular flexibility index (Phi) is 2.75. The summed E-state index contributed by atoms with van der Waals surface area (Å²) >= 11 is 8.90. The van der Waals surface area contributed by atoms with E-state index in [9.17, 15) is 0 Å². The van der Waals surface area contributed by atoms with Gasteiger partial charge >= 0.3 is 0 Å². The topological polar surface area (TPSA) is 12.9 Å². The number of aromatic nitrogens is 1. The summed E-state index contributed by atoms with van der Waals surface area (Å²) in [7, 11) is 5.33. The molecule has 0 aliphatic carbocycles. The molecule has 2 radical (unpaired) electrons. The SMILES string of the molecule is [B]Cc1ccc(Br)c(Cl)n1. The molecule has 1 aromatic rings. The third-order valence-corrected chi connectivity index (χ3v) is 2.23. The summed E-state index contributed by atoms with van der Waals surface area (Å²) in [5.41, 5.74) is 0.799. The Hall–Kier alpha value is -0.0151. The second-order valence-corrected chi connectivity index (χ2v) is 2.99. The molecule has 0 amide bonds. The van der Waals surface area contributed by atoms with Gasteiger partial charge in [-0.1, -0.05) is 11.6 Å². The van der Waals surface area contributed by atoms with Gasteiger partial charge in [-0.3, -0.25) is 0 Å². The summed E-state index contributed by atoms with van der Waals surface area (Å²) in [5, 5.41) is 0.461. The highest BCUT2D eigenvalue weighted by Gasteiger charge is 1.97. The smallest absolute Gasteiger partial charge is 0.143 e. The maximum Gasteiger partial charge on any atom is 0.143 e. The van der Waals surface area contributed by atoms with Gasteiger partial charge in [-0.15, -0.1) is 0 Å². The van der Waals surface area contributed by atoms with Crippen molar-refractivity contribution >= 4 is 35.4 Å². The summed E-state index contributed by atoms with van der Waals surface area (Å²) in [6, 6.07) is 3.66. The van der Waals surface area contributed by atoms with Crippen LogP contribution in [0.3, 0.4) is 0 Å². The van der Waals surface area contributed by atoms with Crippen LogP contribution in [0.5, 0.6) is 0 Å². The Morgan fingerprint density at radius 3 is 2.80 bits per heavy atom. The quantitative estimate of drug-likeness (QED) is 0.518. The van der Waals surface area contributed by atoms with Crippen molar-refractivity contribution in [1.82, 2.24) is 4.98 Å². The molecular weight excluding hydrogens is 212 g/mol. The van der Waals surface area contributed by atoms with E-state index in [1.54, 1.807) is 0 Å². The summed E-state index contributed by atoms with van der Waals surface area (Å²) in [5.74, 6) is 0. The van der Waals surface area contributed by atoms with Gasteiger partial charge in [0.2, 0.25) is 0 Å². The fourth-order valence-corrected chi connectivity index (χ4v) is 0.961. The molecule has 4 heteroatoms. The molecule has 0 saturated heterocycles. The number of hydrogen-bond donors (Lipinski definition) is 0. The van der Waals surface area contributed by atoms with Crippen LogP contribution in [0.4, 0.5) is 0 Å². The van der Waals surface area contributed by atoms with Gasteiger partial charge in [0.05, 0.1) is 12.3 Å². The highest BCUT2D eigenvalue weighted by Crippen LogP contribution is 2.19.